The van der Waals surface area contributed by atoms with E-state index in [4.69, 9.17) is 0 Å². The Labute approximate surface area is 147 Å². The lowest BCUT2D eigenvalue weighted by Gasteiger charge is -2.17. The van der Waals surface area contributed by atoms with E-state index in [-0.39, 0.29) is 11.7 Å². The Morgan fingerprint density at radius 2 is 1.68 bits per heavy atom. The smallest absolute Gasteiger partial charge is 0.243 e. The van der Waals surface area contributed by atoms with E-state index in [1.807, 2.05) is 49.4 Å². The Morgan fingerprint density at radius 1 is 1.00 bits per heavy atom. The first-order valence-electron chi connectivity index (χ1n) is 8.35. The van der Waals surface area contributed by atoms with Gasteiger partial charge in [-0.3, -0.25) is 4.79 Å². The minimum Gasteiger partial charge on any atom is -0.294 e. The Morgan fingerprint density at radius 3 is 2.36 bits per heavy atom. The normalized spacial score (nSPS) is 21.0. The molecule has 128 valence electrons. The molecule has 1 atom stereocenters. The Kier molecular flexibility index (Phi) is 3.85. The zero-order chi connectivity index (χ0) is 17.6. The molecule has 0 N–H and O–H groups in total. The maximum atomic E-state index is 12.9. The van der Waals surface area contributed by atoms with Crippen LogP contribution in [0.3, 0.4) is 0 Å². The van der Waals surface area contributed by atoms with E-state index in [0.29, 0.717) is 30.0 Å². The molecule has 2 aromatic carbocycles. The standard InChI is InChI=1S/C20H19NO3S/c1-14-7-9-17(10-8-14)25(23,24)21-12-16-11-19(22)20(18(16)13-21)15-5-3-2-4-6-15/h2-10,16H,11-13H2,1H3/t16-/m1/s1. The van der Waals surface area contributed by atoms with Gasteiger partial charge in [-0.15, -0.1) is 0 Å². The molecule has 1 fully saturated rings. The fourth-order valence-electron chi connectivity index (χ4n) is 3.71. The van der Waals surface area contributed by atoms with Crippen LogP contribution in [0.4, 0.5) is 0 Å². The van der Waals surface area contributed by atoms with Crippen molar-refractivity contribution in [2.45, 2.75) is 18.2 Å². The molecule has 4 rings (SSSR count). The lowest BCUT2D eigenvalue weighted by atomic mass is 10.0. The van der Waals surface area contributed by atoms with Gasteiger partial charge in [0.15, 0.2) is 5.78 Å². The third-order valence-corrected chi connectivity index (χ3v) is 6.84. The summed E-state index contributed by atoms with van der Waals surface area (Å²) in [7, 11) is -3.53. The van der Waals surface area contributed by atoms with Crippen LogP contribution in [-0.2, 0) is 14.8 Å². The molecule has 1 aliphatic carbocycles. The van der Waals surface area contributed by atoms with E-state index < -0.39 is 10.0 Å². The van der Waals surface area contributed by atoms with E-state index in [2.05, 4.69) is 0 Å². The predicted molar refractivity (Wildman–Crippen MR) is 96.4 cm³/mol. The number of fused-ring (bicyclic) bond motifs is 1. The third-order valence-electron chi connectivity index (χ3n) is 5.02. The summed E-state index contributed by atoms with van der Waals surface area (Å²) >= 11 is 0. The third kappa shape index (κ3) is 2.73. The lowest BCUT2D eigenvalue weighted by Crippen LogP contribution is -2.29. The van der Waals surface area contributed by atoms with Gasteiger partial charge in [-0.05, 0) is 30.2 Å². The molecule has 2 aromatic rings. The highest BCUT2D eigenvalue weighted by Crippen LogP contribution is 2.41. The van der Waals surface area contributed by atoms with Crippen molar-refractivity contribution in [3.8, 4) is 0 Å². The van der Waals surface area contributed by atoms with Crippen LogP contribution in [-0.4, -0.2) is 31.6 Å². The number of hydrogen-bond acceptors (Lipinski definition) is 3. The number of carbonyl (C=O) groups is 1. The molecule has 0 unspecified atom stereocenters. The molecule has 2 aliphatic rings. The number of Topliss-reactive ketones (excluding diaryl/α,β-unsaturated/α-hetero) is 1. The van der Waals surface area contributed by atoms with Crippen molar-refractivity contribution in [3.63, 3.8) is 0 Å². The first kappa shape index (κ1) is 16.2. The molecule has 0 aromatic heterocycles. The first-order chi connectivity index (χ1) is 12.0. The van der Waals surface area contributed by atoms with Gasteiger partial charge in [0, 0.05) is 31.0 Å². The summed E-state index contributed by atoms with van der Waals surface area (Å²) in [5.74, 6) is 0.126. The second kappa shape index (κ2) is 5.93. The maximum absolute atomic E-state index is 12.9. The summed E-state index contributed by atoms with van der Waals surface area (Å²) < 4.78 is 27.3. The molecule has 25 heavy (non-hydrogen) atoms. The van der Waals surface area contributed by atoms with Gasteiger partial charge in [0.25, 0.3) is 0 Å². The average Bonchev–Trinajstić information content (AvgIpc) is 3.13. The average molecular weight is 353 g/mol. The minimum atomic E-state index is -3.53. The van der Waals surface area contributed by atoms with Gasteiger partial charge < -0.3 is 0 Å². The first-order valence-corrected chi connectivity index (χ1v) is 9.79. The van der Waals surface area contributed by atoms with Crippen molar-refractivity contribution >= 4 is 21.4 Å². The van der Waals surface area contributed by atoms with E-state index in [1.165, 1.54) is 4.31 Å². The van der Waals surface area contributed by atoms with Crippen LogP contribution in [0.1, 0.15) is 17.5 Å². The number of nitrogens with zero attached hydrogens (tertiary/aromatic N) is 1. The summed E-state index contributed by atoms with van der Waals surface area (Å²) in [5, 5.41) is 0. The number of ketones is 1. The highest BCUT2D eigenvalue weighted by Gasteiger charge is 2.43. The van der Waals surface area contributed by atoms with Gasteiger partial charge in [0.1, 0.15) is 0 Å². The van der Waals surface area contributed by atoms with Crippen molar-refractivity contribution < 1.29 is 13.2 Å². The van der Waals surface area contributed by atoms with Crippen LogP contribution in [0.2, 0.25) is 0 Å². The van der Waals surface area contributed by atoms with Gasteiger partial charge in [0.2, 0.25) is 10.0 Å². The van der Waals surface area contributed by atoms with Crippen molar-refractivity contribution in [1.29, 1.82) is 0 Å². The largest absolute Gasteiger partial charge is 0.294 e. The Balaban J connectivity index is 1.70. The van der Waals surface area contributed by atoms with Gasteiger partial charge >= 0.3 is 0 Å². The summed E-state index contributed by atoms with van der Waals surface area (Å²) in [6, 6.07) is 16.5. The Hall–Kier alpha value is -2.24. The van der Waals surface area contributed by atoms with E-state index in [1.54, 1.807) is 12.1 Å². The zero-order valence-corrected chi connectivity index (χ0v) is 14.8. The molecule has 1 heterocycles. The second-order valence-corrected chi connectivity index (χ2v) is 8.64. The number of benzene rings is 2. The molecule has 0 radical (unpaired) electrons. The van der Waals surface area contributed by atoms with Crippen molar-refractivity contribution in [3.05, 3.63) is 71.3 Å². The number of allylic oxidation sites excluding steroid dienone is 1. The van der Waals surface area contributed by atoms with E-state index in [9.17, 15) is 13.2 Å². The molecule has 1 aliphatic heterocycles. The van der Waals surface area contributed by atoms with Crippen LogP contribution < -0.4 is 0 Å². The molecular weight excluding hydrogens is 334 g/mol. The summed E-state index contributed by atoms with van der Waals surface area (Å²) in [6.45, 7) is 2.61. The van der Waals surface area contributed by atoms with Gasteiger partial charge in [0.05, 0.1) is 4.90 Å². The molecule has 4 nitrogen and oxygen atoms in total. The number of carbonyl (C=O) groups excluding carboxylic acids is 1. The van der Waals surface area contributed by atoms with Crippen molar-refractivity contribution in [2.24, 2.45) is 5.92 Å². The number of sulfonamides is 1. The minimum absolute atomic E-state index is 0.00271. The fourth-order valence-corrected chi connectivity index (χ4v) is 5.17. The van der Waals surface area contributed by atoms with Crippen LogP contribution in [0.5, 0.6) is 0 Å². The van der Waals surface area contributed by atoms with E-state index >= 15 is 0 Å². The van der Waals surface area contributed by atoms with Crippen molar-refractivity contribution in [1.82, 2.24) is 4.31 Å². The van der Waals surface area contributed by atoms with Crippen LogP contribution in [0.25, 0.3) is 5.57 Å². The molecule has 0 saturated carbocycles. The SMILES string of the molecule is Cc1ccc(S(=O)(=O)N2CC3=C(c4ccccc4)C(=O)C[C@@H]3C2)cc1. The molecule has 0 spiro atoms. The molecule has 0 amide bonds. The Bertz CT molecular complexity index is 960. The zero-order valence-electron chi connectivity index (χ0n) is 14.0. The summed E-state index contributed by atoms with van der Waals surface area (Å²) in [5.41, 5.74) is 3.59. The van der Waals surface area contributed by atoms with Crippen molar-refractivity contribution in [2.75, 3.05) is 13.1 Å². The second-order valence-electron chi connectivity index (χ2n) is 6.70. The lowest BCUT2D eigenvalue weighted by molar-refractivity contribution is -0.113. The molecule has 1 saturated heterocycles. The number of rotatable bonds is 3. The summed E-state index contributed by atoms with van der Waals surface area (Å²) in [4.78, 5) is 12.7. The summed E-state index contributed by atoms with van der Waals surface area (Å²) in [6.07, 6.45) is 0.402. The number of aryl methyl sites for hydroxylation is 1. The monoisotopic (exact) mass is 353 g/mol. The van der Waals surface area contributed by atoms with E-state index in [0.717, 1.165) is 16.7 Å². The number of hydrogen-bond donors (Lipinski definition) is 0. The quantitative estimate of drug-likeness (QED) is 0.852. The topological polar surface area (TPSA) is 54.5 Å². The van der Waals surface area contributed by atoms with Crippen LogP contribution in [0.15, 0.2) is 65.1 Å². The molecule has 5 heteroatoms. The van der Waals surface area contributed by atoms with Crippen LogP contribution >= 0.6 is 0 Å². The fraction of sp³-hybridized carbons (Fsp3) is 0.250. The van der Waals surface area contributed by atoms with Gasteiger partial charge in [-0.2, -0.15) is 4.31 Å². The maximum Gasteiger partial charge on any atom is 0.243 e. The van der Waals surface area contributed by atoms with Gasteiger partial charge in [-0.25, -0.2) is 8.42 Å². The predicted octanol–water partition coefficient (Wildman–Crippen LogP) is 3.04. The van der Waals surface area contributed by atoms with Gasteiger partial charge in [-0.1, -0.05) is 48.0 Å². The molecule has 0 bridgehead atoms. The molecular formula is C20H19NO3S. The van der Waals surface area contributed by atoms with Crippen LogP contribution in [0, 0.1) is 12.8 Å². The highest BCUT2D eigenvalue weighted by molar-refractivity contribution is 7.89. The highest BCUT2D eigenvalue weighted by atomic mass is 32.2.